The highest BCUT2D eigenvalue weighted by Crippen LogP contribution is 2.11. The van der Waals surface area contributed by atoms with Crippen molar-refractivity contribution < 1.29 is 33.5 Å². The number of hydrogen-bond acceptors (Lipinski definition) is 8. The Morgan fingerprint density at radius 3 is 2.10 bits per heavy atom. The summed E-state index contributed by atoms with van der Waals surface area (Å²) in [5.41, 5.74) is 5.58. The first-order chi connectivity index (χ1) is 19.7. The monoisotopic (exact) mass is 609 g/mol. The van der Waals surface area contributed by atoms with E-state index in [1.54, 1.807) is 13.8 Å². The van der Waals surface area contributed by atoms with Crippen molar-refractivity contribution in [3.63, 3.8) is 0 Å². The topological polar surface area (TPSA) is 177 Å². The van der Waals surface area contributed by atoms with Gasteiger partial charge in [0.2, 0.25) is 17.7 Å². The van der Waals surface area contributed by atoms with Crippen LogP contribution in [0.25, 0.3) is 0 Å². The Morgan fingerprint density at radius 1 is 0.881 bits per heavy atom. The molecule has 0 saturated carbocycles. The molecule has 0 aromatic carbocycles. The number of ether oxygens (including phenoxy) is 1. The molecule has 238 valence electrons. The summed E-state index contributed by atoms with van der Waals surface area (Å²) >= 11 is 0. The molecule has 0 aromatic rings. The molecular weight excluding hydrogens is 558 g/mol. The number of rotatable bonds is 20. The number of esters is 1. The summed E-state index contributed by atoms with van der Waals surface area (Å²) in [5.74, 6) is -2.73. The second kappa shape index (κ2) is 18.5. The van der Waals surface area contributed by atoms with Gasteiger partial charge in [-0.2, -0.15) is 0 Å². The van der Waals surface area contributed by atoms with E-state index in [2.05, 4.69) is 35.6 Å². The maximum absolute atomic E-state index is 13.0. The Kier molecular flexibility index (Phi) is 16.3. The number of nitrogens with two attached hydrogens (primary N) is 1. The van der Waals surface area contributed by atoms with Crippen LogP contribution in [0.3, 0.4) is 0 Å². The summed E-state index contributed by atoms with van der Waals surface area (Å²) in [4.78, 5) is 75.5. The van der Waals surface area contributed by atoms with Crippen LogP contribution in [-0.2, 0) is 33.5 Å². The zero-order valence-corrected chi connectivity index (χ0v) is 27.1. The minimum absolute atomic E-state index is 0.178. The van der Waals surface area contributed by atoms with Crippen molar-refractivity contribution in [2.24, 2.45) is 11.7 Å². The molecule has 0 saturated heterocycles. The van der Waals surface area contributed by atoms with Crippen molar-refractivity contribution in [3.8, 4) is 0 Å². The molecule has 0 aromatic heterocycles. The third-order valence-corrected chi connectivity index (χ3v) is 8.55. The molecular formula is C29H51N5O7Si. The van der Waals surface area contributed by atoms with Gasteiger partial charge in [0.15, 0.2) is 0 Å². The van der Waals surface area contributed by atoms with Crippen LogP contribution in [0.1, 0.15) is 65.7 Å². The fraction of sp³-hybridized carbons (Fsp3) is 0.724. The van der Waals surface area contributed by atoms with E-state index in [4.69, 9.17) is 10.5 Å². The average molecular weight is 610 g/mol. The number of nitrogens with one attached hydrogen (secondary N) is 3. The van der Waals surface area contributed by atoms with E-state index in [0.29, 0.717) is 58.2 Å². The maximum Gasteiger partial charge on any atom is 0.328 e. The highest BCUT2D eigenvalue weighted by Gasteiger charge is 2.29. The standard InChI is InChI=1S/C29H51N5O7Si/c1-20(2)26(33-23(35)13-8-7-11-17-34-24(36)14-15-25(34)37)28(39)31-21(3)27(38)32-22(12-9-10-16-30)29(40)41-18-19-42(4,5)6/h14-15,20-22,26H,7-13,16-19,30H2,1-6H3,(H,31,39)(H,32,38)(H,33,35)/t21-,22-,26-/m0/s1. The molecule has 13 heteroatoms. The smallest absolute Gasteiger partial charge is 0.328 e. The van der Waals surface area contributed by atoms with E-state index in [-0.39, 0.29) is 30.1 Å². The highest BCUT2D eigenvalue weighted by atomic mass is 28.3. The number of nitrogens with zero attached hydrogens (tertiary/aromatic N) is 1. The lowest BCUT2D eigenvalue weighted by Gasteiger charge is -2.25. The van der Waals surface area contributed by atoms with Crippen LogP contribution in [0.15, 0.2) is 12.2 Å². The fourth-order valence-electron chi connectivity index (χ4n) is 4.13. The minimum atomic E-state index is -1.40. The summed E-state index contributed by atoms with van der Waals surface area (Å²) < 4.78 is 5.45. The van der Waals surface area contributed by atoms with E-state index in [0.717, 1.165) is 10.9 Å². The molecule has 0 bridgehead atoms. The first kappa shape index (κ1) is 37.0. The number of unbranched alkanes of at least 4 members (excludes halogenated alkanes) is 3. The summed E-state index contributed by atoms with van der Waals surface area (Å²) in [6, 6.07) is -1.84. The molecule has 1 aliphatic rings. The van der Waals surface area contributed by atoms with Crippen LogP contribution in [0.4, 0.5) is 0 Å². The average Bonchev–Trinajstić information content (AvgIpc) is 3.22. The van der Waals surface area contributed by atoms with Gasteiger partial charge in [-0.1, -0.05) is 39.9 Å². The van der Waals surface area contributed by atoms with Crippen LogP contribution in [0, 0.1) is 5.92 Å². The second-order valence-corrected chi connectivity index (χ2v) is 17.9. The third kappa shape index (κ3) is 14.2. The lowest BCUT2D eigenvalue weighted by atomic mass is 10.0. The summed E-state index contributed by atoms with van der Waals surface area (Å²) in [6.45, 7) is 12.7. The number of amides is 5. The molecule has 1 aliphatic heterocycles. The van der Waals surface area contributed by atoms with E-state index >= 15 is 0 Å². The Hall–Kier alpha value is -3.06. The van der Waals surface area contributed by atoms with Gasteiger partial charge in [-0.05, 0) is 57.5 Å². The summed E-state index contributed by atoms with van der Waals surface area (Å²) in [7, 11) is -1.40. The molecule has 3 atom stereocenters. The minimum Gasteiger partial charge on any atom is -0.464 e. The first-order valence-electron chi connectivity index (χ1n) is 15.0. The predicted molar refractivity (Wildman–Crippen MR) is 163 cm³/mol. The summed E-state index contributed by atoms with van der Waals surface area (Å²) in [6.07, 6.45) is 6.11. The zero-order chi connectivity index (χ0) is 31.9. The number of imide groups is 1. The second-order valence-electron chi connectivity index (χ2n) is 12.3. The molecule has 1 rings (SSSR count). The van der Waals surface area contributed by atoms with Gasteiger partial charge in [0.25, 0.3) is 11.8 Å². The van der Waals surface area contributed by atoms with E-state index in [9.17, 15) is 28.8 Å². The van der Waals surface area contributed by atoms with Gasteiger partial charge in [-0.25, -0.2) is 4.79 Å². The van der Waals surface area contributed by atoms with Crippen molar-refractivity contribution in [1.82, 2.24) is 20.9 Å². The molecule has 0 radical (unpaired) electrons. The number of hydrogen-bond donors (Lipinski definition) is 4. The van der Waals surface area contributed by atoms with Crippen LogP contribution in [0.5, 0.6) is 0 Å². The summed E-state index contributed by atoms with van der Waals surface area (Å²) in [5, 5.41) is 8.10. The molecule has 1 heterocycles. The predicted octanol–water partition coefficient (Wildman–Crippen LogP) is 1.61. The Bertz CT molecular complexity index is 962. The van der Waals surface area contributed by atoms with Crippen molar-refractivity contribution in [2.75, 3.05) is 19.7 Å². The lowest BCUT2D eigenvalue weighted by Crippen LogP contribution is -2.56. The van der Waals surface area contributed by atoms with Crippen LogP contribution >= 0.6 is 0 Å². The maximum atomic E-state index is 13.0. The normalized spacial score (nSPS) is 15.4. The van der Waals surface area contributed by atoms with Gasteiger partial charge < -0.3 is 26.4 Å². The molecule has 5 N–H and O–H groups in total. The van der Waals surface area contributed by atoms with Gasteiger partial charge in [0.05, 0.1) is 6.61 Å². The van der Waals surface area contributed by atoms with Gasteiger partial charge in [-0.15, -0.1) is 0 Å². The molecule has 12 nitrogen and oxygen atoms in total. The third-order valence-electron chi connectivity index (χ3n) is 6.85. The Balaban J connectivity index is 2.58. The van der Waals surface area contributed by atoms with Gasteiger partial charge in [0, 0.05) is 33.2 Å². The quantitative estimate of drug-likeness (QED) is 0.0696. The Labute approximate surface area is 250 Å². The highest BCUT2D eigenvalue weighted by molar-refractivity contribution is 6.76. The Morgan fingerprint density at radius 2 is 1.52 bits per heavy atom. The lowest BCUT2D eigenvalue weighted by molar-refractivity contribution is -0.148. The van der Waals surface area contributed by atoms with E-state index in [1.807, 2.05) is 0 Å². The van der Waals surface area contributed by atoms with Crippen molar-refractivity contribution >= 4 is 43.6 Å². The number of carbonyl (C=O) groups excluding carboxylic acids is 6. The molecule has 0 fully saturated rings. The van der Waals surface area contributed by atoms with Crippen LogP contribution < -0.4 is 21.7 Å². The number of carbonyl (C=O) groups is 6. The van der Waals surface area contributed by atoms with Crippen LogP contribution in [0.2, 0.25) is 25.7 Å². The van der Waals surface area contributed by atoms with Crippen molar-refractivity contribution in [2.45, 2.75) is 110 Å². The molecule has 0 aliphatic carbocycles. The van der Waals surface area contributed by atoms with Gasteiger partial charge in [0.1, 0.15) is 18.1 Å². The zero-order valence-electron chi connectivity index (χ0n) is 26.1. The molecule has 0 spiro atoms. The van der Waals surface area contributed by atoms with Crippen LogP contribution in [-0.4, -0.2) is 86.3 Å². The van der Waals surface area contributed by atoms with E-state index < -0.39 is 44.0 Å². The van der Waals surface area contributed by atoms with E-state index in [1.165, 1.54) is 19.1 Å². The molecule has 5 amide bonds. The molecule has 42 heavy (non-hydrogen) atoms. The van der Waals surface area contributed by atoms with Crippen molar-refractivity contribution in [3.05, 3.63) is 12.2 Å². The van der Waals surface area contributed by atoms with Gasteiger partial charge >= 0.3 is 5.97 Å². The fourth-order valence-corrected chi connectivity index (χ4v) is 4.84. The van der Waals surface area contributed by atoms with Crippen molar-refractivity contribution in [1.29, 1.82) is 0 Å². The SMILES string of the molecule is CC(C)[C@H](NC(=O)CCCCCN1C(=O)C=CC1=O)C(=O)N[C@@H](C)C(=O)N[C@@H](CCCCN)C(=O)OCC[Si](C)(C)C. The van der Waals surface area contributed by atoms with Gasteiger partial charge in [-0.3, -0.25) is 28.9 Å². The first-order valence-corrected chi connectivity index (χ1v) is 18.7. The largest absolute Gasteiger partial charge is 0.464 e. The molecule has 0 unspecified atom stereocenters.